The number of methoxy groups -OCH3 is 1. The average Bonchev–Trinajstić information content (AvgIpc) is 2.97. The van der Waals surface area contributed by atoms with Crippen molar-refractivity contribution in [2.75, 3.05) is 13.7 Å². The Hall–Kier alpha value is -5.17. The summed E-state index contributed by atoms with van der Waals surface area (Å²) in [5, 5.41) is 3.96. The zero-order chi connectivity index (χ0) is 26.6. The van der Waals surface area contributed by atoms with Crippen LogP contribution in [0.1, 0.15) is 11.1 Å². The Kier molecular flexibility index (Phi) is 9.02. The first-order valence-corrected chi connectivity index (χ1v) is 11.8. The van der Waals surface area contributed by atoms with Crippen molar-refractivity contribution in [1.82, 2.24) is 5.43 Å². The number of carbonyl (C=O) groups is 2. The van der Waals surface area contributed by atoms with Gasteiger partial charge in [-0.3, -0.25) is 4.79 Å². The van der Waals surface area contributed by atoms with Gasteiger partial charge in [-0.25, -0.2) is 10.2 Å². The zero-order valence-electron chi connectivity index (χ0n) is 20.7. The summed E-state index contributed by atoms with van der Waals surface area (Å²) in [6, 6.07) is 31.9. The molecule has 0 bridgehead atoms. The minimum Gasteiger partial charge on any atom is -0.493 e. The van der Waals surface area contributed by atoms with Crippen LogP contribution in [0.25, 0.3) is 17.2 Å². The van der Waals surface area contributed by atoms with Crippen molar-refractivity contribution in [2.24, 2.45) is 5.10 Å². The molecule has 0 spiro atoms. The van der Waals surface area contributed by atoms with Gasteiger partial charge in [-0.2, -0.15) is 5.10 Å². The number of ether oxygens (including phenoxy) is 3. The van der Waals surface area contributed by atoms with Crippen LogP contribution in [0.2, 0.25) is 0 Å². The van der Waals surface area contributed by atoms with Gasteiger partial charge in [0, 0.05) is 6.08 Å². The number of carbonyl (C=O) groups excluding carboxylic acids is 2. The molecule has 0 atom stereocenters. The summed E-state index contributed by atoms with van der Waals surface area (Å²) in [6.07, 6.45) is 4.47. The lowest BCUT2D eigenvalue weighted by Gasteiger charge is -2.08. The summed E-state index contributed by atoms with van der Waals surface area (Å²) < 4.78 is 16.3. The van der Waals surface area contributed by atoms with Crippen molar-refractivity contribution in [2.45, 2.75) is 0 Å². The maximum atomic E-state index is 12.2. The molecule has 0 aliphatic heterocycles. The first-order chi connectivity index (χ1) is 18.6. The fourth-order valence-corrected chi connectivity index (χ4v) is 3.45. The highest BCUT2D eigenvalue weighted by Gasteiger charge is 2.09. The van der Waals surface area contributed by atoms with E-state index in [1.807, 2.05) is 84.9 Å². The molecule has 0 heterocycles. The van der Waals surface area contributed by atoms with Gasteiger partial charge >= 0.3 is 5.97 Å². The minimum absolute atomic E-state index is 0.184. The molecular weight excluding hydrogens is 480 g/mol. The van der Waals surface area contributed by atoms with Gasteiger partial charge in [0.05, 0.1) is 13.3 Å². The molecule has 190 valence electrons. The van der Waals surface area contributed by atoms with Crippen molar-refractivity contribution in [3.8, 4) is 28.4 Å². The lowest BCUT2D eigenvalue weighted by atomic mass is 10.1. The maximum absolute atomic E-state index is 12.2. The molecular formula is C31H26N2O5. The molecule has 1 amide bonds. The molecule has 0 radical (unpaired) electrons. The van der Waals surface area contributed by atoms with Crippen LogP contribution in [0.5, 0.6) is 17.2 Å². The third-order valence-electron chi connectivity index (χ3n) is 5.34. The predicted octanol–water partition coefficient (Wildman–Crippen LogP) is 5.51. The lowest BCUT2D eigenvalue weighted by Crippen LogP contribution is -2.24. The van der Waals surface area contributed by atoms with E-state index in [9.17, 15) is 9.59 Å². The van der Waals surface area contributed by atoms with E-state index in [2.05, 4.69) is 10.5 Å². The number of hydrogen-bond donors (Lipinski definition) is 1. The van der Waals surface area contributed by atoms with Gasteiger partial charge in [0.25, 0.3) is 5.91 Å². The van der Waals surface area contributed by atoms with E-state index in [0.717, 1.165) is 16.7 Å². The van der Waals surface area contributed by atoms with Gasteiger partial charge in [-0.1, -0.05) is 72.8 Å². The summed E-state index contributed by atoms with van der Waals surface area (Å²) >= 11 is 0. The lowest BCUT2D eigenvalue weighted by molar-refractivity contribution is -0.129. The molecule has 4 rings (SSSR count). The molecule has 7 heteroatoms. The summed E-state index contributed by atoms with van der Waals surface area (Å²) in [4.78, 5) is 24.3. The number of nitrogens with one attached hydrogen (secondary N) is 1. The Balaban J connectivity index is 1.26. The predicted molar refractivity (Wildman–Crippen MR) is 147 cm³/mol. The molecule has 0 fully saturated rings. The van der Waals surface area contributed by atoms with Crippen molar-refractivity contribution in [3.05, 3.63) is 120 Å². The Morgan fingerprint density at radius 2 is 1.47 bits per heavy atom. The molecule has 1 N–H and O–H groups in total. The second-order valence-corrected chi connectivity index (χ2v) is 8.05. The van der Waals surface area contributed by atoms with E-state index in [1.165, 1.54) is 19.4 Å². The van der Waals surface area contributed by atoms with Crippen molar-refractivity contribution >= 4 is 24.2 Å². The Labute approximate surface area is 221 Å². The molecule has 4 aromatic carbocycles. The molecule has 0 aliphatic carbocycles. The zero-order valence-corrected chi connectivity index (χ0v) is 20.7. The Morgan fingerprint density at radius 3 is 2.18 bits per heavy atom. The van der Waals surface area contributed by atoms with Gasteiger partial charge in [0.15, 0.2) is 18.1 Å². The van der Waals surface area contributed by atoms with E-state index < -0.39 is 11.9 Å². The summed E-state index contributed by atoms with van der Waals surface area (Å²) in [5.74, 6) is 0.260. The van der Waals surface area contributed by atoms with Crippen molar-refractivity contribution in [3.63, 3.8) is 0 Å². The third kappa shape index (κ3) is 7.66. The quantitative estimate of drug-likeness (QED) is 0.101. The smallest absolute Gasteiger partial charge is 0.336 e. The van der Waals surface area contributed by atoms with Gasteiger partial charge < -0.3 is 14.2 Å². The summed E-state index contributed by atoms with van der Waals surface area (Å²) in [5.41, 5.74) is 6.12. The van der Waals surface area contributed by atoms with Crippen LogP contribution in [0.4, 0.5) is 0 Å². The van der Waals surface area contributed by atoms with Crippen LogP contribution in [0, 0.1) is 0 Å². The van der Waals surface area contributed by atoms with Crippen LogP contribution in [0.15, 0.2) is 114 Å². The van der Waals surface area contributed by atoms with Crippen LogP contribution < -0.4 is 19.6 Å². The molecule has 38 heavy (non-hydrogen) atoms. The minimum atomic E-state index is -0.532. The van der Waals surface area contributed by atoms with E-state index in [-0.39, 0.29) is 12.4 Å². The summed E-state index contributed by atoms with van der Waals surface area (Å²) in [6.45, 7) is -0.184. The second-order valence-electron chi connectivity index (χ2n) is 8.05. The molecule has 0 saturated carbocycles. The fourth-order valence-electron chi connectivity index (χ4n) is 3.45. The third-order valence-corrected chi connectivity index (χ3v) is 5.34. The first-order valence-electron chi connectivity index (χ1n) is 11.8. The van der Waals surface area contributed by atoms with Crippen LogP contribution >= 0.6 is 0 Å². The first kappa shape index (κ1) is 25.9. The van der Waals surface area contributed by atoms with Gasteiger partial charge in [0.2, 0.25) is 0 Å². The van der Waals surface area contributed by atoms with Crippen molar-refractivity contribution in [1.29, 1.82) is 0 Å². The Morgan fingerprint density at radius 1 is 0.789 bits per heavy atom. The fraction of sp³-hybridized carbons (Fsp3) is 0.0645. The molecule has 0 aliphatic rings. The Bertz CT molecular complexity index is 1420. The number of hydrogen-bond acceptors (Lipinski definition) is 6. The monoisotopic (exact) mass is 506 g/mol. The van der Waals surface area contributed by atoms with Crippen LogP contribution in [0.3, 0.4) is 0 Å². The van der Waals surface area contributed by atoms with Gasteiger partial charge in [-0.15, -0.1) is 0 Å². The maximum Gasteiger partial charge on any atom is 0.336 e. The van der Waals surface area contributed by atoms with E-state index in [1.54, 1.807) is 24.3 Å². The summed E-state index contributed by atoms with van der Waals surface area (Å²) in [7, 11) is 1.47. The molecule has 0 saturated heterocycles. The molecule has 7 nitrogen and oxygen atoms in total. The van der Waals surface area contributed by atoms with Crippen LogP contribution in [-0.2, 0) is 9.59 Å². The number of amides is 1. The van der Waals surface area contributed by atoms with Gasteiger partial charge in [0.1, 0.15) is 5.75 Å². The molecule has 0 unspecified atom stereocenters. The van der Waals surface area contributed by atoms with E-state index in [0.29, 0.717) is 17.1 Å². The largest absolute Gasteiger partial charge is 0.493 e. The number of nitrogens with zero attached hydrogens (tertiary/aromatic N) is 1. The number of benzene rings is 4. The topological polar surface area (TPSA) is 86.2 Å². The number of hydrazone groups is 1. The highest BCUT2D eigenvalue weighted by atomic mass is 16.6. The van der Waals surface area contributed by atoms with E-state index >= 15 is 0 Å². The normalized spacial score (nSPS) is 10.9. The average molecular weight is 507 g/mol. The second kappa shape index (κ2) is 13.2. The SMILES string of the molecule is COc1cc(/C=N/NC(=O)COc2ccc(-c3ccccc3)cc2)ccc1OC(=O)/C=C/c1ccccc1. The molecule has 0 aromatic heterocycles. The number of rotatable bonds is 10. The van der Waals surface area contributed by atoms with E-state index in [4.69, 9.17) is 14.2 Å². The number of esters is 1. The highest BCUT2D eigenvalue weighted by Crippen LogP contribution is 2.28. The van der Waals surface area contributed by atoms with Crippen molar-refractivity contribution < 1.29 is 23.8 Å². The standard InChI is InChI=1S/C31H26N2O5/c1-36-29-20-24(12-18-28(29)38-31(35)19-13-23-8-4-2-5-9-23)21-32-33-30(34)22-37-27-16-14-26(15-17-27)25-10-6-3-7-11-25/h2-21H,22H2,1H3,(H,33,34)/b19-13+,32-21+. The van der Waals surface area contributed by atoms with Crippen LogP contribution in [-0.4, -0.2) is 31.8 Å². The van der Waals surface area contributed by atoms with Gasteiger partial charge in [-0.05, 0) is 58.7 Å². The highest BCUT2D eigenvalue weighted by molar-refractivity contribution is 5.89. The molecule has 4 aromatic rings.